The van der Waals surface area contributed by atoms with E-state index in [9.17, 15) is 19.5 Å². The average molecular weight is 520 g/mol. The number of ketones is 1. The summed E-state index contributed by atoms with van der Waals surface area (Å²) < 4.78 is 10.8. The summed E-state index contributed by atoms with van der Waals surface area (Å²) in [5.41, 5.74) is 1.15. The molecule has 3 aromatic rings. The Labute approximate surface area is 217 Å². The molecule has 0 spiro atoms. The Morgan fingerprint density at radius 1 is 1.19 bits per heavy atom. The third-order valence-electron chi connectivity index (χ3n) is 5.58. The summed E-state index contributed by atoms with van der Waals surface area (Å²) in [6.45, 7) is 7.71. The fourth-order valence-electron chi connectivity index (χ4n) is 3.85. The molecule has 1 saturated heterocycles. The number of aliphatic hydroxyl groups is 1. The number of anilines is 1. The van der Waals surface area contributed by atoms with Gasteiger partial charge in [-0.3, -0.25) is 19.5 Å². The normalized spacial score (nSPS) is 16.6. The quantitative estimate of drug-likeness (QED) is 0.143. The molecule has 2 aromatic heterocycles. The first-order chi connectivity index (χ1) is 17.9. The topological polar surface area (TPSA) is 119 Å². The number of carbonyl (C=O) groups is 3. The lowest BCUT2D eigenvalue weighted by Gasteiger charge is -2.23. The number of thiazole rings is 1. The largest absolute Gasteiger partial charge is 0.507 e. The Morgan fingerprint density at radius 2 is 1.89 bits per heavy atom. The number of ether oxygens (including phenoxy) is 2. The molecular formula is C27H25N3O6S. The van der Waals surface area contributed by atoms with Crippen LogP contribution in [0.15, 0.2) is 67.0 Å². The third kappa shape index (κ3) is 5.14. The maximum atomic E-state index is 13.3. The summed E-state index contributed by atoms with van der Waals surface area (Å²) in [5.74, 6) is -2.04. The van der Waals surface area contributed by atoms with Gasteiger partial charge < -0.3 is 14.6 Å². The van der Waals surface area contributed by atoms with Gasteiger partial charge in [-0.15, -0.1) is 0 Å². The van der Waals surface area contributed by atoms with E-state index in [0.29, 0.717) is 29.2 Å². The first-order valence-electron chi connectivity index (χ1n) is 11.6. The van der Waals surface area contributed by atoms with Crippen molar-refractivity contribution in [3.05, 3.63) is 88.7 Å². The second kappa shape index (κ2) is 11.2. The van der Waals surface area contributed by atoms with Gasteiger partial charge in [0.05, 0.1) is 23.9 Å². The van der Waals surface area contributed by atoms with Crippen molar-refractivity contribution in [2.24, 2.45) is 0 Å². The van der Waals surface area contributed by atoms with Gasteiger partial charge in [0, 0.05) is 18.0 Å². The number of hydrogen-bond acceptors (Lipinski definition) is 9. The molecule has 0 bridgehead atoms. The molecule has 1 atom stereocenters. The number of Topliss-reactive ketones (excluding diaryl/α,β-unsaturated/α-hetero) is 1. The maximum absolute atomic E-state index is 13.3. The molecule has 9 nitrogen and oxygen atoms in total. The zero-order valence-electron chi connectivity index (χ0n) is 20.3. The molecule has 1 amide bonds. The molecule has 0 radical (unpaired) electrons. The number of esters is 1. The zero-order valence-corrected chi connectivity index (χ0v) is 21.2. The van der Waals surface area contributed by atoms with Crippen molar-refractivity contribution in [1.82, 2.24) is 9.97 Å². The van der Waals surface area contributed by atoms with Gasteiger partial charge in [-0.2, -0.15) is 0 Å². The molecular weight excluding hydrogens is 494 g/mol. The van der Waals surface area contributed by atoms with E-state index in [0.717, 1.165) is 17.8 Å². The zero-order chi connectivity index (χ0) is 26.5. The number of rotatable bonds is 9. The van der Waals surface area contributed by atoms with Gasteiger partial charge in [0.2, 0.25) is 0 Å². The van der Waals surface area contributed by atoms with E-state index in [1.165, 1.54) is 23.4 Å². The number of amides is 1. The molecule has 1 aliphatic rings. The van der Waals surface area contributed by atoms with Crippen LogP contribution in [0.25, 0.3) is 5.76 Å². The standard InChI is InChI=1S/C27H25N3O6S/c1-4-14-35-19-8-6-17(7-9-19)21-20(22(31)18-10-12-28-13-11-18)23(32)25(33)30(21)27-29-16(3)24(37-27)26(34)36-15-5-2/h5-13,21,31H,2,4,14-15H2,1,3H3. The van der Waals surface area contributed by atoms with Gasteiger partial charge in [0.25, 0.3) is 5.78 Å². The summed E-state index contributed by atoms with van der Waals surface area (Å²) in [4.78, 5) is 48.9. The van der Waals surface area contributed by atoms with Crippen LogP contribution in [0.4, 0.5) is 5.13 Å². The van der Waals surface area contributed by atoms with Crippen LogP contribution in [-0.4, -0.2) is 45.9 Å². The van der Waals surface area contributed by atoms with Crippen LogP contribution in [0.1, 0.15) is 45.9 Å². The van der Waals surface area contributed by atoms with Crippen molar-refractivity contribution in [3.8, 4) is 5.75 Å². The maximum Gasteiger partial charge on any atom is 0.350 e. The fourth-order valence-corrected chi connectivity index (χ4v) is 4.84. The minimum absolute atomic E-state index is 0.0222. The first kappa shape index (κ1) is 25.8. The van der Waals surface area contributed by atoms with Gasteiger partial charge in [-0.25, -0.2) is 9.78 Å². The lowest BCUT2D eigenvalue weighted by Crippen LogP contribution is -2.29. The van der Waals surface area contributed by atoms with E-state index in [2.05, 4.69) is 16.5 Å². The van der Waals surface area contributed by atoms with Crippen molar-refractivity contribution >= 4 is 39.9 Å². The highest BCUT2D eigenvalue weighted by molar-refractivity contribution is 7.17. The molecule has 0 aliphatic carbocycles. The molecule has 4 rings (SSSR count). The second-order valence-corrected chi connectivity index (χ2v) is 9.10. The van der Waals surface area contributed by atoms with Crippen LogP contribution >= 0.6 is 11.3 Å². The summed E-state index contributed by atoms with van der Waals surface area (Å²) in [6, 6.07) is 9.04. The summed E-state index contributed by atoms with van der Waals surface area (Å²) in [6.07, 6.45) is 5.24. The SMILES string of the molecule is C=CCOC(=O)c1sc(N2C(=O)C(=O)C(=C(O)c3ccncc3)C2c2ccc(OCCC)cc2)nc1C. The first-order valence-corrected chi connectivity index (χ1v) is 12.4. The van der Waals surface area contributed by atoms with Crippen molar-refractivity contribution in [2.45, 2.75) is 26.3 Å². The minimum atomic E-state index is -0.990. The number of aliphatic hydroxyl groups excluding tert-OH is 1. The van der Waals surface area contributed by atoms with Crippen molar-refractivity contribution in [1.29, 1.82) is 0 Å². The van der Waals surface area contributed by atoms with Gasteiger partial charge in [-0.05, 0) is 43.2 Å². The van der Waals surface area contributed by atoms with Crippen LogP contribution in [0, 0.1) is 6.92 Å². The third-order valence-corrected chi connectivity index (χ3v) is 6.71. The smallest absolute Gasteiger partial charge is 0.350 e. The number of nitrogens with zero attached hydrogens (tertiary/aromatic N) is 3. The minimum Gasteiger partial charge on any atom is -0.507 e. The highest BCUT2D eigenvalue weighted by Gasteiger charge is 2.48. The van der Waals surface area contributed by atoms with Crippen molar-refractivity contribution in [3.63, 3.8) is 0 Å². The predicted octanol–water partition coefficient (Wildman–Crippen LogP) is 4.60. The van der Waals surface area contributed by atoms with Gasteiger partial charge >= 0.3 is 11.9 Å². The number of carbonyl (C=O) groups excluding carboxylic acids is 3. The molecule has 1 aromatic carbocycles. The number of aryl methyl sites for hydroxylation is 1. The number of benzene rings is 1. The Balaban J connectivity index is 1.84. The van der Waals surface area contributed by atoms with Crippen molar-refractivity contribution in [2.75, 3.05) is 18.1 Å². The molecule has 3 heterocycles. The van der Waals surface area contributed by atoms with E-state index < -0.39 is 23.7 Å². The molecule has 0 saturated carbocycles. The Morgan fingerprint density at radius 3 is 2.54 bits per heavy atom. The summed E-state index contributed by atoms with van der Waals surface area (Å²) >= 11 is 0.937. The Kier molecular flexibility index (Phi) is 7.78. The van der Waals surface area contributed by atoms with Crippen LogP contribution < -0.4 is 9.64 Å². The monoisotopic (exact) mass is 519 g/mol. The summed E-state index contributed by atoms with van der Waals surface area (Å²) in [5, 5.41) is 11.3. The Hall–Kier alpha value is -4.31. The molecule has 1 N–H and O–H groups in total. The van der Waals surface area contributed by atoms with E-state index in [1.807, 2.05) is 6.92 Å². The number of hydrogen-bond donors (Lipinski definition) is 1. The molecule has 1 unspecified atom stereocenters. The van der Waals surface area contributed by atoms with E-state index in [4.69, 9.17) is 9.47 Å². The number of pyridine rings is 1. The molecule has 10 heteroatoms. The average Bonchev–Trinajstić information content (AvgIpc) is 3.43. The second-order valence-electron chi connectivity index (χ2n) is 8.12. The van der Waals surface area contributed by atoms with Crippen LogP contribution in [0.3, 0.4) is 0 Å². The van der Waals surface area contributed by atoms with E-state index in [-0.39, 0.29) is 27.9 Å². The molecule has 190 valence electrons. The number of aromatic nitrogens is 2. The molecule has 37 heavy (non-hydrogen) atoms. The Bertz CT molecular complexity index is 1360. The highest BCUT2D eigenvalue weighted by Crippen LogP contribution is 2.44. The van der Waals surface area contributed by atoms with E-state index in [1.54, 1.807) is 43.3 Å². The lowest BCUT2D eigenvalue weighted by molar-refractivity contribution is -0.132. The predicted molar refractivity (Wildman–Crippen MR) is 139 cm³/mol. The summed E-state index contributed by atoms with van der Waals surface area (Å²) in [7, 11) is 0. The fraction of sp³-hybridized carbons (Fsp3) is 0.222. The van der Waals surface area contributed by atoms with Gasteiger partial charge in [-0.1, -0.05) is 43.0 Å². The van der Waals surface area contributed by atoms with E-state index >= 15 is 0 Å². The van der Waals surface area contributed by atoms with Crippen LogP contribution in [-0.2, 0) is 14.3 Å². The van der Waals surface area contributed by atoms with Gasteiger partial charge in [0.15, 0.2) is 5.13 Å². The van der Waals surface area contributed by atoms with Crippen molar-refractivity contribution < 1.29 is 29.0 Å². The van der Waals surface area contributed by atoms with Gasteiger partial charge in [0.1, 0.15) is 23.0 Å². The molecule has 1 aliphatic heterocycles. The highest BCUT2D eigenvalue weighted by atomic mass is 32.1. The van der Waals surface area contributed by atoms with Crippen LogP contribution in [0.5, 0.6) is 5.75 Å². The lowest BCUT2D eigenvalue weighted by atomic mass is 9.95. The molecule has 1 fully saturated rings. The van der Waals surface area contributed by atoms with Crippen LogP contribution in [0.2, 0.25) is 0 Å².